The molecule has 3 N–H and O–H groups in total. The van der Waals surface area contributed by atoms with E-state index in [1.807, 2.05) is 6.08 Å². The summed E-state index contributed by atoms with van der Waals surface area (Å²) in [6, 6.07) is 11.2. The zero-order valence-corrected chi connectivity index (χ0v) is 13.2. The molecule has 1 heterocycles. The molecule has 0 spiro atoms. The molecule has 25 heavy (non-hydrogen) atoms. The van der Waals surface area contributed by atoms with Crippen molar-refractivity contribution >= 4 is 18.1 Å². The minimum Gasteiger partial charge on any atom is -0.478 e. The average Bonchev–Trinajstić information content (AvgIpc) is 2.59. The Labute approximate surface area is 142 Å². The van der Waals surface area contributed by atoms with Crippen molar-refractivity contribution in [2.45, 2.75) is 12.5 Å². The molecule has 3 aliphatic rings. The predicted molar refractivity (Wildman–Crippen MR) is 94.8 cm³/mol. The SMILES string of the molecule is NC1C=c2oc3cc(=O)ccc-3c(-c3ccccc3C(=O)O)c2=CC1. The van der Waals surface area contributed by atoms with E-state index in [9.17, 15) is 14.7 Å². The summed E-state index contributed by atoms with van der Waals surface area (Å²) in [5.74, 6) is -0.588. The first kappa shape index (κ1) is 15.4. The quantitative estimate of drug-likeness (QED) is 0.739. The number of carbonyl (C=O) groups is 1. The van der Waals surface area contributed by atoms with Crippen LogP contribution in [0.1, 0.15) is 16.8 Å². The molecule has 124 valence electrons. The number of fused-ring (bicyclic) bond motifs is 2. The van der Waals surface area contributed by atoms with Crippen molar-refractivity contribution in [3.63, 3.8) is 0 Å². The molecular formula is C20H15NO4. The van der Waals surface area contributed by atoms with Crippen molar-refractivity contribution in [2.75, 3.05) is 0 Å². The van der Waals surface area contributed by atoms with Crippen molar-refractivity contribution in [3.05, 3.63) is 68.9 Å². The van der Waals surface area contributed by atoms with Gasteiger partial charge >= 0.3 is 5.97 Å². The fourth-order valence-electron chi connectivity index (χ4n) is 3.26. The third-order valence-corrected chi connectivity index (χ3v) is 4.36. The summed E-state index contributed by atoms with van der Waals surface area (Å²) in [4.78, 5) is 23.4. The number of carboxylic acids is 1. The van der Waals surface area contributed by atoms with E-state index < -0.39 is 5.97 Å². The summed E-state index contributed by atoms with van der Waals surface area (Å²) in [6.45, 7) is 0. The Kier molecular flexibility index (Phi) is 3.51. The van der Waals surface area contributed by atoms with Crippen LogP contribution >= 0.6 is 0 Å². The lowest BCUT2D eigenvalue weighted by Gasteiger charge is -2.17. The van der Waals surface area contributed by atoms with Crippen LogP contribution in [0.4, 0.5) is 0 Å². The van der Waals surface area contributed by atoms with Crippen LogP contribution in [0.5, 0.6) is 0 Å². The number of nitrogens with two attached hydrogens (primary N) is 1. The van der Waals surface area contributed by atoms with E-state index in [1.54, 1.807) is 36.4 Å². The first-order valence-corrected chi connectivity index (χ1v) is 7.92. The minimum absolute atomic E-state index is 0.169. The molecule has 4 rings (SSSR count). The Morgan fingerprint density at radius 3 is 2.76 bits per heavy atom. The molecule has 1 aliphatic heterocycles. The topological polar surface area (TPSA) is 93.5 Å². The number of rotatable bonds is 2. The van der Waals surface area contributed by atoms with Gasteiger partial charge in [0.1, 0.15) is 11.2 Å². The maximum absolute atomic E-state index is 11.7. The van der Waals surface area contributed by atoms with Crippen molar-refractivity contribution in [1.29, 1.82) is 0 Å². The Morgan fingerprint density at radius 2 is 1.96 bits per heavy atom. The van der Waals surface area contributed by atoms with Gasteiger partial charge in [0.25, 0.3) is 0 Å². The third-order valence-electron chi connectivity index (χ3n) is 4.36. The highest BCUT2D eigenvalue weighted by atomic mass is 16.4. The molecule has 0 amide bonds. The summed E-state index contributed by atoms with van der Waals surface area (Å²) >= 11 is 0. The normalized spacial score (nSPS) is 16.0. The maximum Gasteiger partial charge on any atom is 0.336 e. The van der Waals surface area contributed by atoms with Crippen molar-refractivity contribution in [3.8, 4) is 22.5 Å². The number of benzene rings is 2. The zero-order chi connectivity index (χ0) is 17.6. The lowest BCUT2D eigenvalue weighted by molar-refractivity contribution is 0.0697. The van der Waals surface area contributed by atoms with Crippen LogP contribution < -0.4 is 21.8 Å². The van der Waals surface area contributed by atoms with Gasteiger partial charge in [0.05, 0.1) is 5.56 Å². The Morgan fingerprint density at radius 1 is 1.16 bits per heavy atom. The molecule has 1 aromatic rings. The number of hydrogen-bond acceptors (Lipinski definition) is 4. The molecule has 0 saturated heterocycles. The summed E-state index contributed by atoms with van der Waals surface area (Å²) < 4.78 is 5.88. The van der Waals surface area contributed by atoms with Crippen LogP contribution in [0.25, 0.3) is 34.6 Å². The second-order valence-corrected chi connectivity index (χ2v) is 6.03. The highest BCUT2D eigenvalue weighted by molar-refractivity contribution is 5.98. The first-order valence-electron chi connectivity index (χ1n) is 7.92. The lowest BCUT2D eigenvalue weighted by atomic mass is 9.90. The molecular weight excluding hydrogens is 318 g/mol. The average molecular weight is 333 g/mol. The van der Waals surface area contributed by atoms with Crippen molar-refractivity contribution < 1.29 is 14.3 Å². The molecule has 0 bridgehead atoms. The second-order valence-electron chi connectivity index (χ2n) is 6.03. The number of carboxylic acid groups (broad SMARTS) is 1. The standard InChI is InChI=1S/C20H15NO4/c21-11-5-7-15-17(9-11)25-18-10-12(22)6-8-16(18)19(15)13-3-1-2-4-14(13)20(23)24/h1-4,6-11H,5,21H2,(H,23,24). The van der Waals surface area contributed by atoms with E-state index in [-0.39, 0.29) is 17.0 Å². The van der Waals surface area contributed by atoms with E-state index in [4.69, 9.17) is 10.2 Å². The van der Waals surface area contributed by atoms with Gasteiger partial charge in [-0.1, -0.05) is 24.3 Å². The first-order chi connectivity index (χ1) is 12.0. The largest absolute Gasteiger partial charge is 0.478 e. The highest BCUT2D eigenvalue weighted by Gasteiger charge is 2.21. The fourth-order valence-corrected chi connectivity index (χ4v) is 3.26. The van der Waals surface area contributed by atoms with Gasteiger partial charge in [-0.2, -0.15) is 0 Å². The van der Waals surface area contributed by atoms with Gasteiger partial charge in [0, 0.05) is 28.5 Å². The van der Waals surface area contributed by atoms with Crippen LogP contribution in [-0.4, -0.2) is 17.1 Å². The van der Waals surface area contributed by atoms with Crippen molar-refractivity contribution in [2.24, 2.45) is 5.73 Å². The molecule has 1 unspecified atom stereocenters. The summed E-state index contributed by atoms with van der Waals surface area (Å²) in [6.07, 6.45) is 4.40. The van der Waals surface area contributed by atoms with Gasteiger partial charge in [0.2, 0.25) is 0 Å². The molecule has 0 fully saturated rings. The van der Waals surface area contributed by atoms with Gasteiger partial charge in [0.15, 0.2) is 5.43 Å². The molecule has 0 saturated carbocycles. The van der Waals surface area contributed by atoms with Gasteiger partial charge < -0.3 is 15.3 Å². The van der Waals surface area contributed by atoms with Crippen LogP contribution in [0.3, 0.4) is 0 Å². The van der Waals surface area contributed by atoms with Gasteiger partial charge in [-0.25, -0.2) is 4.79 Å². The summed E-state index contributed by atoms with van der Waals surface area (Å²) in [5, 5.41) is 10.4. The molecule has 1 aromatic carbocycles. The second kappa shape index (κ2) is 5.72. The van der Waals surface area contributed by atoms with Gasteiger partial charge in [-0.05, 0) is 36.3 Å². The Hall–Kier alpha value is -3.18. The van der Waals surface area contributed by atoms with E-state index in [1.165, 1.54) is 12.1 Å². The van der Waals surface area contributed by atoms with E-state index in [0.717, 1.165) is 10.8 Å². The highest BCUT2D eigenvalue weighted by Crippen LogP contribution is 2.31. The van der Waals surface area contributed by atoms with E-state index >= 15 is 0 Å². The molecule has 0 radical (unpaired) electrons. The lowest BCUT2D eigenvalue weighted by Crippen LogP contribution is -2.36. The minimum atomic E-state index is -1.00. The van der Waals surface area contributed by atoms with Crippen LogP contribution in [0, 0.1) is 0 Å². The number of aromatic carboxylic acids is 1. The smallest absolute Gasteiger partial charge is 0.336 e. The Balaban J connectivity index is 2.21. The van der Waals surface area contributed by atoms with Gasteiger partial charge in [-0.15, -0.1) is 0 Å². The van der Waals surface area contributed by atoms with E-state index in [2.05, 4.69) is 0 Å². The monoisotopic (exact) mass is 333 g/mol. The van der Waals surface area contributed by atoms with E-state index in [0.29, 0.717) is 28.7 Å². The van der Waals surface area contributed by atoms with Gasteiger partial charge in [-0.3, -0.25) is 4.79 Å². The molecule has 2 aliphatic carbocycles. The molecule has 5 heteroatoms. The predicted octanol–water partition coefficient (Wildman–Crippen LogP) is 1.40. The van der Waals surface area contributed by atoms with Crippen molar-refractivity contribution in [1.82, 2.24) is 0 Å². The number of hydrogen-bond donors (Lipinski definition) is 2. The third kappa shape index (κ3) is 2.55. The molecule has 5 nitrogen and oxygen atoms in total. The summed E-state index contributed by atoms with van der Waals surface area (Å²) in [5.41, 5.74) is 8.62. The van der Waals surface area contributed by atoms with Crippen LogP contribution in [0.2, 0.25) is 0 Å². The van der Waals surface area contributed by atoms with Crippen LogP contribution in [0.15, 0.2) is 51.7 Å². The molecule has 1 atom stereocenters. The summed E-state index contributed by atoms with van der Waals surface area (Å²) in [7, 11) is 0. The fraction of sp³-hybridized carbons (Fsp3) is 0.100. The Bertz CT molecular complexity index is 1140. The zero-order valence-electron chi connectivity index (χ0n) is 13.2. The maximum atomic E-state index is 11.7. The molecule has 0 aromatic heterocycles. The van der Waals surface area contributed by atoms with Crippen LogP contribution in [-0.2, 0) is 0 Å².